The van der Waals surface area contributed by atoms with Gasteiger partial charge in [0.25, 0.3) is 5.56 Å². The van der Waals surface area contributed by atoms with Crippen LogP contribution in [0, 0.1) is 5.82 Å². The molecule has 19 nitrogen and oxygen atoms in total. The molecule has 2 aromatic heterocycles. The largest absolute Gasteiger partial charge is 0.504 e. The Morgan fingerprint density at radius 3 is 2.33 bits per heavy atom. The fraction of sp³-hybridized carbons (Fsp3) is 0.314. The van der Waals surface area contributed by atoms with Crippen LogP contribution >= 0.6 is 11.8 Å². The monoisotopic (exact) mass is 1010 g/mol. The van der Waals surface area contributed by atoms with Crippen molar-refractivity contribution >= 4 is 74.6 Å². The number of H-pyrrole nitrogens is 2. The normalized spacial score (nSPS) is 14.7. The molecule has 4 heterocycles. The van der Waals surface area contributed by atoms with Gasteiger partial charge in [0.1, 0.15) is 29.4 Å². The number of esters is 1. The second kappa shape index (κ2) is 24.6. The van der Waals surface area contributed by atoms with Gasteiger partial charge in [-0.3, -0.25) is 14.5 Å². The van der Waals surface area contributed by atoms with E-state index in [1.807, 2.05) is 48.5 Å². The highest BCUT2D eigenvalue weighted by Gasteiger charge is 2.35. The number of carbonyl (C=O) groups excluding carboxylic acids is 3. The van der Waals surface area contributed by atoms with Gasteiger partial charge in [0.05, 0.1) is 83.8 Å². The van der Waals surface area contributed by atoms with Crippen LogP contribution in [0.4, 0.5) is 26.2 Å². The molecule has 0 radical (unpaired) electrons. The first-order valence-electron chi connectivity index (χ1n) is 23.5. The average molecular weight is 1010 g/mol. The van der Waals surface area contributed by atoms with Gasteiger partial charge in [0.15, 0.2) is 11.5 Å². The first-order chi connectivity index (χ1) is 35.1. The number of benzene rings is 4. The van der Waals surface area contributed by atoms with E-state index in [0.29, 0.717) is 84.9 Å². The number of para-hydroxylation sites is 1. The number of piperazine rings is 1. The maximum absolute atomic E-state index is 14.6. The van der Waals surface area contributed by atoms with Gasteiger partial charge in [0.2, 0.25) is 5.78 Å². The molecule has 0 unspecified atom stereocenters. The van der Waals surface area contributed by atoms with Crippen LogP contribution in [0.1, 0.15) is 12.5 Å². The number of phenols is 1. The molecule has 0 aliphatic carbocycles. The van der Waals surface area contributed by atoms with E-state index in [-0.39, 0.29) is 65.4 Å². The molecule has 2 amide bonds. The lowest BCUT2D eigenvalue weighted by Crippen LogP contribution is -2.49. The quantitative estimate of drug-likeness (QED) is 0.0179. The average Bonchev–Trinajstić information content (AvgIpc) is 3.92. The number of carbonyl (C=O) groups is 3. The van der Waals surface area contributed by atoms with Gasteiger partial charge in [-0.2, -0.15) is 0 Å². The fourth-order valence-corrected chi connectivity index (χ4v) is 9.10. The molecule has 0 atom stereocenters. The van der Waals surface area contributed by atoms with Gasteiger partial charge in [-0.15, -0.1) is 0 Å². The van der Waals surface area contributed by atoms with Crippen molar-refractivity contribution in [2.45, 2.75) is 6.92 Å². The Hall–Kier alpha value is -7.43. The van der Waals surface area contributed by atoms with Crippen molar-refractivity contribution in [1.29, 1.82) is 0 Å². The fourth-order valence-electron chi connectivity index (χ4n) is 8.04. The maximum Gasteiger partial charge on any atom is 0.344 e. The van der Waals surface area contributed by atoms with Crippen LogP contribution < -0.4 is 36.9 Å². The lowest BCUT2D eigenvalue weighted by atomic mass is 10.1. The van der Waals surface area contributed by atoms with Gasteiger partial charge < -0.3 is 65.3 Å². The van der Waals surface area contributed by atoms with Crippen molar-refractivity contribution in [1.82, 2.24) is 30.5 Å². The summed E-state index contributed by atoms with van der Waals surface area (Å²) in [7, 11) is 0. The molecule has 0 spiro atoms. The van der Waals surface area contributed by atoms with Gasteiger partial charge in [-0.25, -0.2) is 19.0 Å². The Bertz CT molecular complexity index is 3010. The lowest BCUT2D eigenvalue weighted by molar-refractivity contribution is -0.139. The van der Waals surface area contributed by atoms with Crippen LogP contribution in [0.3, 0.4) is 0 Å². The zero-order chi connectivity index (χ0) is 50.4. The number of aromatic nitrogens is 3. The molecule has 72 heavy (non-hydrogen) atoms. The highest BCUT2D eigenvalue weighted by atomic mass is 32.2. The third kappa shape index (κ3) is 12.9. The number of nitrogens with zero attached hydrogens (tertiary/aromatic N) is 3. The zero-order valence-corrected chi connectivity index (χ0v) is 40.4. The standard InChI is InChI=1S/C51H56FN9O10S/c1-2-70-50(65)44-46(63)41(72-49(44)56-33-7-4-3-5-8-33)30-32-11-14-40(39(62)29-32)71-28-27-69-26-25-68-24-23-67-22-16-55-51(66)54-15-17-60-18-20-61(21-19-60)34-12-13-36-38(31-34)58-47(57-36)43-45(53)42-35(52)9-6-10-37(42)59-48(43)64/h3-14,29-31,56,62H,2,15-28H2,1H3,(H,57,58)(H3,53,59,64)(H2,54,55,66)/b41-30-. The molecule has 6 aromatic rings. The molecule has 1 fully saturated rings. The van der Waals surface area contributed by atoms with Crippen LogP contribution in [-0.4, -0.2) is 141 Å². The SMILES string of the molecule is CCOC(=O)C1=C(Nc2ccccc2)S/C(=C\c2ccc(OCCOCCOCCOCCNC(=O)NCCN3CCN(c4ccc5[nH]c(-c6c(N)c7c(F)cccc7[nH]c6=O)nc5c4)CC3)c(O)c2)C1=O. The molecule has 2 aliphatic rings. The predicted molar refractivity (Wildman–Crippen MR) is 274 cm³/mol. The summed E-state index contributed by atoms with van der Waals surface area (Å²) in [5.74, 6) is -1.29. The zero-order valence-electron chi connectivity index (χ0n) is 39.6. The molecular formula is C51H56FN9O10S. The summed E-state index contributed by atoms with van der Waals surface area (Å²) < 4.78 is 42.1. The number of halogens is 1. The smallest absolute Gasteiger partial charge is 0.344 e. The number of urea groups is 1. The summed E-state index contributed by atoms with van der Waals surface area (Å²) in [4.78, 5) is 66.6. The van der Waals surface area contributed by atoms with Crippen molar-refractivity contribution in [3.8, 4) is 22.9 Å². The second-order valence-corrected chi connectivity index (χ2v) is 17.5. The Morgan fingerprint density at radius 1 is 0.847 bits per heavy atom. The van der Waals surface area contributed by atoms with E-state index in [1.54, 1.807) is 31.2 Å². The van der Waals surface area contributed by atoms with Gasteiger partial charge >= 0.3 is 12.0 Å². The Balaban J connectivity index is 0.640. The van der Waals surface area contributed by atoms with E-state index in [2.05, 4.69) is 40.7 Å². The van der Waals surface area contributed by atoms with Gasteiger partial charge in [-0.1, -0.05) is 42.1 Å². The molecule has 378 valence electrons. The first-order valence-corrected chi connectivity index (χ1v) is 24.3. The van der Waals surface area contributed by atoms with Crippen molar-refractivity contribution < 1.29 is 47.6 Å². The number of ketones is 1. The molecule has 0 bridgehead atoms. The van der Waals surface area contributed by atoms with E-state index < -0.39 is 23.1 Å². The van der Waals surface area contributed by atoms with Crippen molar-refractivity contribution in [3.05, 3.63) is 122 Å². The van der Waals surface area contributed by atoms with Crippen LogP contribution in [-0.2, 0) is 28.5 Å². The summed E-state index contributed by atoms with van der Waals surface area (Å²) in [5.41, 5.74) is 9.86. The number of Topliss-reactive ketones (excluding diaryl/α,β-unsaturated/α-hetero) is 1. The van der Waals surface area contributed by atoms with Crippen LogP contribution in [0.25, 0.3) is 39.4 Å². The number of anilines is 3. The first kappa shape index (κ1) is 50.9. The van der Waals surface area contributed by atoms with Gasteiger partial charge in [0, 0.05) is 57.2 Å². The highest BCUT2D eigenvalue weighted by Crippen LogP contribution is 2.41. The number of fused-ring (bicyclic) bond motifs is 2. The van der Waals surface area contributed by atoms with E-state index >= 15 is 0 Å². The third-order valence-electron chi connectivity index (χ3n) is 11.6. The number of aromatic amines is 2. The number of phenolic OH excluding ortho intramolecular Hbond substituents is 1. The Kier molecular flexibility index (Phi) is 17.4. The molecule has 21 heteroatoms. The van der Waals surface area contributed by atoms with Crippen molar-refractivity contribution in [2.24, 2.45) is 0 Å². The summed E-state index contributed by atoms with van der Waals surface area (Å²) in [6.07, 6.45) is 1.60. The summed E-state index contributed by atoms with van der Waals surface area (Å²) in [6.45, 7) is 8.68. The van der Waals surface area contributed by atoms with E-state index in [4.69, 9.17) is 29.4 Å². The number of hydrogen-bond donors (Lipinski definition) is 7. The number of allylic oxidation sites excluding steroid dienone is 1. The Morgan fingerprint density at radius 2 is 1.58 bits per heavy atom. The van der Waals surface area contributed by atoms with Gasteiger partial charge in [-0.05, 0) is 73.2 Å². The van der Waals surface area contributed by atoms with Crippen molar-refractivity contribution in [3.63, 3.8) is 0 Å². The van der Waals surface area contributed by atoms with E-state index in [1.165, 1.54) is 18.2 Å². The number of thioether (sulfide) groups is 1. The number of nitrogen functional groups attached to an aromatic ring is 1. The molecule has 1 saturated heterocycles. The maximum atomic E-state index is 14.6. The minimum atomic E-state index is -0.707. The van der Waals surface area contributed by atoms with Crippen LogP contribution in [0.15, 0.2) is 105 Å². The topological polar surface area (TPSA) is 248 Å². The molecule has 0 saturated carbocycles. The number of aromatic hydroxyl groups is 1. The lowest BCUT2D eigenvalue weighted by Gasteiger charge is -2.36. The summed E-state index contributed by atoms with van der Waals surface area (Å²) in [5, 5.41) is 20.0. The summed E-state index contributed by atoms with van der Waals surface area (Å²) in [6, 6.07) is 24.0. The second-order valence-electron chi connectivity index (χ2n) is 16.5. The number of rotatable bonds is 23. The number of nitrogens with one attached hydrogen (secondary N) is 5. The van der Waals surface area contributed by atoms with E-state index in [9.17, 15) is 28.7 Å². The van der Waals surface area contributed by atoms with Crippen molar-refractivity contribution in [2.75, 3.05) is 115 Å². The minimum Gasteiger partial charge on any atom is -0.504 e. The van der Waals surface area contributed by atoms with E-state index in [0.717, 1.165) is 49.1 Å². The summed E-state index contributed by atoms with van der Waals surface area (Å²) >= 11 is 1.12. The number of imidazole rings is 1. The number of pyridine rings is 1. The molecule has 4 aromatic carbocycles. The van der Waals surface area contributed by atoms with Crippen LogP contribution in [0.2, 0.25) is 0 Å². The number of amides is 2. The van der Waals surface area contributed by atoms with Crippen LogP contribution in [0.5, 0.6) is 11.5 Å². The Labute approximate surface area is 417 Å². The minimum absolute atomic E-state index is 0.0316. The molecule has 8 N–H and O–H groups in total. The number of nitrogens with two attached hydrogens (primary N) is 1. The number of ether oxygens (including phenoxy) is 5. The highest BCUT2D eigenvalue weighted by molar-refractivity contribution is 8.08. The molecule has 8 rings (SSSR count). The third-order valence-corrected chi connectivity index (χ3v) is 12.7. The molecular weight excluding hydrogens is 950 g/mol. The number of hydrogen-bond acceptors (Lipinski definition) is 16. The molecule has 2 aliphatic heterocycles. The predicted octanol–water partition coefficient (Wildman–Crippen LogP) is 5.59.